The maximum atomic E-state index is 13.6. The van der Waals surface area contributed by atoms with Gasteiger partial charge in [-0.2, -0.15) is 0 Å². The van der Waals surface area contributed by atoms with Gasteiger partial charge < -0.3 is 19.5 Å². The van der Waals surface area contributed by atoms with Crippen LogP contribution < -0.4 is 5.32 Å². The number of carbonyl (C=O) groups excluding carboxylic acids is 2. The zero-order valence-corrected chi connectivity index (χ0v) is 18.1. The highest BCUT2D eigenvalue weighted by atomic mass is 35.5. The van der Waals surface area contributed by atoms with Crippen molar-refractivity contribution in [2.75, 3.05) is 32.8 Å². The SMILES string of the molecule is CCOCCOC(=O)O[C@H](c1ccc(S(C)(=O)=O)cc1)[C@@H](CF)NC(=O)C(Cl)Cl. The van der Waals surface area contributed by atoms with Crippen molar-refractivity contribution in [1.82, 2.24) is 5.32 Å². The number of nitrogens with one attached hydrogen (secondary N) is 1. The molecule has 0 radical (unpaired) electrons. The summed E-state index contributed by atoms with van der Waals surface area (Å²) < 4.78 is 51.9. The van der Waals surface area contributed by atoms with Crippen molar-refractivity contribution in [3.05, 3.63) is 29.8 Å². The van der Waals surface area contributed by atoms with Crippen LogP contribution in [0.3, 0.4) is 0 Å². The summed E-state index contributed by atoms with van der Waals surface area (Å²) >= 11 is 10.9. The van der Waals surface area contributed by atoms with Crippen molar-refractivity contribution in [2.45, 2.75) is 28.8 Å². The van der Waals surface area contributed by atoms with E-state index in [-0.39, 0.29) is 23.7 Å². The van der Waals surface area contributed by atoms with E-state index >= 15 is 0 Å². The molecule has 0 fully saturated rings. The van der Waals surface area contributed by atoms with Crippen molar-refractivity contribution in [3.63, 3.8) is 0 Å². The second-order valence-corrected chi connectivity index (χ2v) is 8.86. The van der Waals surface area contributed by atoms with Crippen molar-refractivity contribution < 1.29 is 36.6 Å². The van der Waals surface area contributed by atoms with Crippen molar-refractivity contribution in [3.8, 4) is 0 Å². The Labute approximate surface area is 178 Å². The van der Waals surface area contributed by atoms with E-state index in [9.17, 15) is 22.4 Å². The van der Waals surface area contributed by atoms with Crippen LogP contribution >= 0.6 is 23.2 Å². The van der Waals surface area contributed by atoms with E-state index in [0.29, 0.717) is 6.61 Å². The van der Waals surface area contributed by atoms with Gasteiger partial charge in [0, 0.05) is 12.9 Å². The van der Waals surface area contributed by atoms with Gasteiger partial charge in [0.05, 0.1) is 17.5 Å². The van der Waals surface area contributed by atoms with Gasteiger partial charge in [-0.15, -0.1) is 0 Å². The minimum absolute atomic E-state index is 0.0155. The Balaban J connectivity index is 3.06. The van der Waals surface area contributed by atoms with Gasteiger partial charge in [-0.3, -0.25) is 4.79 Å². The summed E-state index contributed by atoms with van der Waals surface area (Å²) in [6.45, 7) is 1.12. The standard InChI is InChI=1S/C17H22Cl2FNO7S/c1-3-26-8-9-27-17(23)28-14(13(10-20)21-16(22)15(18)19)11-4-6-12(7-5-11)29(2,24)25/h4-7,13-15H,3,8-10H2,1-2H3,(H,21,22)/t13-,14-/m1/s1. The molecule has 8 nitrogen and oxygen atoms in total. The summed E-state index contributed by atoms with van der Waals surface area (Å²) in [5.74, 6) is -0.887. The molecule has 0 bridgehead atoms. The monoisotopic (exact) mass is 473 g/mol. The number of halogens is 3. The average Bonchev–Trinajstić information content (AvgIpc) is 2.67. The predicted molar refractivity (Wildman–Crippen MR) is 105 cm³/mol. The largest absolute Gasteiger partial charge is 0.509 e. The Bertz CT molecular complexity index is 774. The number of benzene rings is 1. The van der Waals surface area contributed by atoms with Crippen LogP contribution in [0.4, 0.5) is 9.18 Å². The van der Waals surface area contributed by atoms with Gasteiger partial charge >= 0.3 is 6.16 Å². The number of ether oxygens (including phenoxy) is 3. The molecule has 164 valence electrons. The fourth-order valence-corrected chi connectivity index (χ4v) is 2.95. The molecule has 0 aromatic heterocycles. The summed E-state index contributed by atoms with van der Waals surface area (Å²) in [7, 11) is -3.47. The molecule has 1 N–H and O–H groups in total. The fraction of sp³-hybridized carbons (Fsp3) is 0.529. The molecule has 1 amide bonds. The first-order chi connectivity index (χ1) is 13.6. The number of amides is 1. The highest BCUT2D eigenvalue weighted by Gasteiger charge is 2.31. The predicted octanol–water partition coefficient (Wildman–Crippen LogP) is 2.58. The van der Waals surface area contributed by atoms with E-state index < -0.39 is 45.6 Å². The van der Waals surface area contributed by atoms with E-state index in [0.717, 1.165) is 6.26 Å². The molecule has 2 atom stereocenters. The molecular weight excluding hydrogens is 452 g/mol. The van der Waals surface area contributed by atoms with E-state index in [4.69, 9.17) is 37.4 Å². The van der Waals surface area contributed by atoms with Gasteiger partial charge in [0.25, 0.3) is 5.91 Å². The van der Waals surface area contributed by atoms with Gasteiger partial charge in [-0.05, 0) is 24.6 Å². The number of hydrogen-bond donors (Lipinski definition) is 1. The molecule has 1 aromatic rings. The quantitative estimate of drug-likeness (QED) is 0.298. The second kappa shape index (κ2) is 12.2. The smallest absolute Gasteiger partial charge is 0.432 e. The van der Waals surface area contributed by atoms with E-state index in [1.54, 1.807) is 6.92 Å². The topological polar surface area (TPSA) is 108 Å². The fourth-order valence-electron chi connectivity index (χ4n) is 2.19. The molecule has 0 saturated heterocycles. The van der Waals surface area contributed by atoms with E-state index in [1.807, 2.05) is 0 Å². The molecule has 0 aliphatic rings. The van der Waals surface area contributed by atoms with Crippen LogP contribution in [0.2, 0.25) is 0 Å². The Hall–Kier alpha value is -1.62. The van der Waals surface area contributed by atoms with Crippen LogP contribution in [0.25, 0.3) is 0 Å². The normalized spacial score (nSPS) is 13.6. The third kappa shape index (κ3) is 8.73. The summed E-state index contributed by atoms with van der Waals surface area (Å²) in [4.78, 5) is 22.3. The summed E-state index contributed by atoms with van der Waals surface area (Å²) in [6, 6.07) is 3.87. The highest BCUT2D eigenvalue weighted by Crippen LogP contribution is 2.25. The van der Waals surface area contributed by atoms with Crippen LogP contribution in [0.5, 0.6) is 0 Å². The summed E-state index contributed by atoms with van der Waals surface area (Å²) in [5.41, 5.74) is 0.225. The van der Waals surface area contributed by atoms with Gasteiger partial charge in [-0.25, -0.2) is 17.6 Å². The molecule has 1 aromatic carbocycles. The van der Waals surface area contributed by atoms with Gasteiger partial charge in [0.15, 0.2) is 20.8 Å². The molecule has 0 unspecified atom stereocenters. The molecule has 29 heavy (non-hydrogen) atoms. The van der Waals surface area contributed by atoms with Crippen LogP contribution in [-0.2, 0) is 28.8 Å². The van der Waals surface area contributed by atoms with Crippen molar-refractivity contribution in [2.24, 2.45) is 0 Å². The lowest BCUT2D eigenvalue weighted by atomic mass is 10.0. The lowest BCUT2D eigenvalue weighted by Gasteiger charge is -2.26. The third-order valence-electron chi connectivity index (χ3n) is 3.57. The molecule has 0 spiro atoms. The van der Waals surface area contributed by atoms with Crippen LogP contribution in [0.1, 0.15) is 18.6 Å². The lowest BCUT2D eigenvalue weighted by molar-refractivity contribution is -0.121. The van der Waals surface area contributed by atoms with Crippen molar-refractivity contribution >= 4 is 45.1 Å². The molecule has 0 aliphatic heterocycles. The van der Waals surface area contributed by atoms with Gasteiger partial charge in [0.2, 0.25) is 0 Å². The van der Waals surface area contributed by atoms with Gasteiger partial charge in [-0.1, -0.05) is 35.3 Å². The van der Waals surface area contributed by atoms with Gasteiger partial charge in [0.1, 0.15) is 13.3 Å². The Morgan fingerprint density at radius 2 is 1.79 bits per heavy atom. The first-order valence-corrected chi connectivity index (χ1v) is 11.2. The number of sulfone groups is 1. The number of hydrogen-bond acceptors (Lipinski definition) is 7. The zero-order valence-electron chi connectivity index (χ0n) is 15.8. The minimum atomic E-state index is -3.47. The molecule has 1 rings (SSSR count). The number of rotatable bonds is 11. The molecular formula is C17H22Cl2FNO7S. The zero-order chi connectivity index (χ0) is 22.0. The first kappa shape index (κ1) is 25.4. The van der Waals surface area contributed by atoms with E-state index in [1.165, 1.54) is 24.3 Å². The lowest BCUT2D eigenvalue weighted by Crippen LogP contribution is -2.44. The van der Waals surface area contributed by atoms with Crippen LogP contribution in [0, 0.1) is 0 Å². The summed E-state index contributed by atoms with van der Waals surface area (Å²) in [5, 5.41) is 2.24. The van der Waals surface area contributed by atoms with Crippen molar-refractivity contribution in [1.29, 1.82) is 0 Å². The Morgan fingerprint density at radius 1 is 1.17 bits per heavy atom. The first-order valence-electron chi connectivity index (χ1n) is 8.45. The number of carbonyl (C=O) groups is 2. The second-order valence-electron chi connectivity index (χ2n) is 5.75. The molecule has 0 saturated carbocycles. The maximum absolute atomic E-state index is 13.6. The average molecular weight is 474 g/mol. The van der Waals surface area contributed by atoms with Crippen LogP contribution in [-0.4, -0.2) is 64.1 Å². The minimum Gasteiger partial charge on any atom is -0.432 e. The summed E-state index contributed by atoms with van der Waals surface area (Å²) in [6.07, 6.45) is -1.43. The molecule has 12 heteroatoms. The van der Waals surface area contributed by atoms with Crippen LogP contribution in [0.15, 0.2) is 29.2 Å². The Kier molecular flexibility index (Phi) is 10.7. The Morgan fingerprint density at radius 3 is 2.28 bits per heavy atom. The third-order valence-corrected chi connectivity index (χ3v) is 5.09. The molecule has 0 heterocycles. The number of alkyl halides is 3. The highest BCUT2D eigenvalue weighted by molar-refractivity contribution is 7.90. The maximum Gasteiger partial charge on any atom is 0.509 e. The van der Waals surface area contributed by atoms with E-state index in [2.05, 4.69) is 5.32 Å². The molecule has 0 aliphatic carbocycles.